The Balaban J connectivity index is 1.84. The van der Waals surface area contributed by atoms with Crippen molar-refractivity contribution in [3.05, 3.63) is 71.7 Å². The minimum absolute atomic E-state index is 1.20. The van der Waals surface area contributed by atoms with E-state index in [9.17, 15) is 0 Å². The van der Waals surface area contributed by atoms with Gasteiger partial charge in [-0.2, -0.15) is 0 Å². The molecule has 1 N–H and O–H groups in total. The molecule has 0 aliphatic heterocycles. The van der Waals surface area contributed by atoms with Gasteiger partial charge in [0.05, 0.1) is 10.6 Å². The number of hydrogen-bond donors (Lipinski definition) is 1. The summed E-state index contributed by atoms with van der Waals surface area (Å²) in [6.07, 6.45) is 0. The molecule has 0 aliphatic carbocycles. The lowest BCUT2D eigenvalue weighted by atomic mass is 10.0. The number of fused-ring (bicyclic) bond motifs is 1. The number of H-pyrrole nitrogens is 1. The highest BCUT2D eigenvalue weighted by Crippen LogP contribution is 2.32. The lowest BCUT2D eigenvalue weighted by Crippen LogP contribution is -1.79. The molecule has 2 heteroatoms. The molecule has 0 aliphatic rings. The largest absolute Gasteiger partial charge is 0.357 e. The van der Waals surface area contributed by atoms with Gasteiger partial charge >= 0.3 is 0 Å². The molecule has 4 aromatic rings. The number of rotatable bonds is 2. The first-order valence-corrected chi connectivity index (χ1v) is 7.92. The number of nitrogens with one attached hydrogen (secondary N) is 1. The highest BCUT2D eigenvalue weighted by molar-refractivity contribution is 7.13. The quantitative estimate of drug-likeness (QED) is 0.475. The van der Waals surface area contributed by atoms with E-state index in [-0.39, 0.29) is 0 Å². The summed E-state index contributed by atoms with van der Waals surface area (Å²) in [5.74, 6) is 0. The first-order valence-electron chi connectivity index (χ1n) is 7.04. The fraction of sp³-hybridized carbons (Fsp3) is 0.0526. The molecule has 2 aromatic carbocycles. The Morgan fingerprint density at radius 1 is 0.857 bits per heavy atom. The number of aromatic amines is 1. The van der Waals surface area contributed by atoms with Crippen LogP contribution in [0, 0.1) is 6.92 Å². The van der Waals surface area contributed by atoms with Crippen LogP contribution in [0.5, 0.6) is 0 Å². The summed E-state index contributed by atoms with van der Waals surface area (Å²) in [6, 6.07) is 21.7. The maximum Gasteiger partial charge on any atom is 0.0563 e. The Kier molecular flexibility index (Phi) is 2.90. The van der Waals surface area contributed by atoms with Gasteiger partial charge < -0.3 is 4.98 Å². The predicted molar refractivity (Wildman–Crippen MR) is 91.8 cm³/mol. The van der Waals surface area contributed by atoms with Gasteiger partial charge in [-0.25, -0.2) is 0 Å². The van der Waals surface area contributed by atoms with Crippen LogP contribution >= 0.6 is 11.3 Å². The van der Waals surface area contributed by atoms with Crippen LogP contribution in [0.4, 0.5) is 0 Å². The molecule has 21 heavy (non-hydrogen) atoms. The van der Waals surface area contributed by atoms with Crippen LogP contribution in [0.3, 0.4) is 0 Å². The van der Waals surface area contributed by atoms with Crippen molar-refractivity contribution in [3.8, 4) is 21.7 Å². The zero-order valence-electron chi connectivity index (χ0n) is 11.8. The Morgan fingerprint density at radius 2 is 1.71 bits per heavy atom. The van der Waals surface area contributed by atoms with Gasteiger partial charge in [-0.3, -0.25) is 0 Å². The van der Waals surface area contributed by atoms with E-state index >= 15 is 0 Å². The van der Waals surface area contributed by atoms with Crippen molar-refractivity contribution < 1.29 is 0 Å². The van der Waals surface area contributed by atoms with Gasteiger partial charge in [-0.05, 0) is 46.8 Å². The molecule has 0 saturated heterocycles. The van der Waals surface area contributed by atoms with Crippen LogP contribution in [0.25, 0.3) is 32.5 Å². The van der Waals surface area contributed by atoms with E-state index in [0.29, 0.717) is 0 Å². The smallest absolute Gasteiger partial charge is 0.0563 e. The van der Waals surface area contributed by atoms with Crippen molar-refractivity contribution in [1.82, 2.24) is 4.98 Å². The summed E-state index contributed by atoms with van der Waals surface area (Å²) >= 11 is 1.76. The SMILES string of the molecule is Cc1[nH]c(-c2cccs2)cc1-c1ccc2ccccc2c1. The maximum atomic E-state index is 3.50. The first kappa shape index (κ1) is 12.4. The van der Waals surface area contributed by atoms with Crippen molar-refractivity contribution in [1.29, 1.82) is 0 Å². The van der Waals surface area contributed by atoms with Crippen LogP contribution in [0.15, 0.2) is 66.0 Å². The van der Waals surface area contributed by atoms with Crippen LogP contribution in [-0.2, 0) is 0 Å². The highest BCUT2D eigenvalue weighted by Gasteiger charge is 2.09. The van der Waals surface area contributed by atoms with E-state index in [1.54, 1.807) is 11.3 Å². The van der Waals surface area contributed by atoms with Gasteiger partial charge in [-0.1, -0.05) is 42.5 Å². The number of aryl methyl sites for hydroxylation is 1. The maximum absolute atomic E-state index is 3.50. The fourth-order valence-corrected chi connectivity index (χ4v) is 3.48. The molecule has 102 valence electrons. The molecule has 0 saturated carbocycles. The van der Waals surface area contributed by atoms with Crippen molar-refractivity contribution in [2.45, 2.75) is 6.92 Å². The summed E-state index contributed by atoms with van der Waals surface area (Å²) in [7, 11) is 0. The zero-order chi connectivity index (χ0) is 14.2. The highest BCUT2D eigenvalue weighted by atomic mass is 32.1. The third-order valence-electron chi connectivity index (χ3n) is 3.86. The van der Waals surface area contributed by atoms with E-state index in [0.717, 1.165) is 0 Å². The van der Waals surface area contributed by atoms with E-state index < -0.39 is 0 Å². The minimum Gasteiger partial charge on any atom is -0.357 e. The second kappa shape index (κ2) is 4.90. The Hall–Kier alpha value is -2.32. The third kappa shape index (κ3) is 2.18. The molecule has 1 nitrogen and oxygen atoms in total. The third-order valence-corrected chi connectivity index (χ3v) is 4.77. The average molecular weight is 289 g/mol. The Morgan fingerprint density at radius 3 is 2.52 bits per heavy atom. The molecule has 0 amide bonds. The van der Waals surface area contributed by atoms with Crippen molar-refractivity contribution in [3.63, 3.8) is 0 Å². The lowest BCUT2D eigenvalue weighted by Gasteiger charge is -2.03. The van der Waals surface area contributed by atoms with Gasteiger partial charge in [0.2, 0.25) is 0 Å². The standard InChI is InChI=1S/C19H15NS/c1-13-17(12-18(20-13)19-7-4-10-21-19)16-9-8-14-5-2-3-6-15(14)11-16/h2-12,20H,1H3. The Bertz CT molecular complexity index is 900. The molecule has 0 spiro atoms. The number of hydrogen-bond acceptors (Lipinski definition) is 1. The van der Waals surface area contributed by atoms with Crippen molar-refractivity contribution in [2.75, 3.05) is 0 Å². The van der Waals surface area contributed by atoms with Crippen LogP contribution < -0.4 is 0 Å². The molecule has 0 bridgehead atoms. The number of aromatic nitrogens is 1. The van der Waals surface area contributed by atoms with Gasteiger partial charge in [0.1, 0.15) is 0 Å². The average Bonchev–Trinajstić information content (AvgIpc) is 3.16. The van der Waals surface area contributed by atoms with Gasteiger partial charge in [0.15, 0.2) is 0 Å². The van der Waals surface area contributed by atoms with Gasteiger partial charge in [0.25, 0.3) is 0 Å². The van der Waals surface area contributed by atoms with E-state index in [4.69, 9.17) is 0 Å². The number of benzene rings is 2. The monoisotopic (exact) mass is 289 g/mol. The second-order valence-corrected chi connectivity index (χ2v) is 6.21. The topological polar surface area (TPSA) is 15.8 Å². The molecule has 0 radical (unpaired) electrons. The predicted octanol–water partition coefficient (Wildman–Crippen LogP) is 5.87. The van der Waals surface area contributed by atoms with Crippen molar-refractivity contribution >= 4 is 22.1 Å². The molecule has 0 fully saturated rings. The summed E-state index contributed by atoms with van der Waals surface area (Å²) in [4.78, 5) is 4.79. The van der Waals surface area contributed by atoms with Gasteiger partial charge in [-0.15, -0.1) is 11.3 Å². The first-order chi connectivity index (χ1) is 10.3. The summed E-state index contributed by atoms with van der Waals surface area (Å²) in [5.41, 5.74) is 4.97. The molecular formula is C19H15NS. The zero-order valence-corrected chi connectivity index (χ0v) is 12.6. The lowest BCUT2D eigenvalue weighted by molar-refractivity contribution is 1.27. The van der Waals surface area contributed by atoms with Crippen LogP contribution in [-0.4, -0.2) is 4.98 Å². The molecule has 2 aromatic heterocycles. The van der Waals surface area contributed by atoms with Crippen LogP contribution in [0.1, 0.15) is 5.69 Å². The second-order valence-electron chi connectivity index (χ2n) is 5.26. The molecule has 2 heterocycles. The summed E-state index contributed by atoms with van der Waals surface area (Å²) in [6.45, 7) is 2.14. The van der Waals surface area contributed by atoms with E-state index in [1.165, 1.54) is 38.2 Å². The van der Waals surface area contributed by atoms with Crippen LogP contribution in [0.2, 0.25) is 0 Å². The van der Waals surface area contributed by atoms with Crippen molar-refractivity contribution in [2.24, 2.45) is 0 Å². The van der Waals surface area contributed by atoms with Gasteiger partial charge in [0, 0.05) is 11.3 Å². The fourth-order valence-electron chi connectivity index (χ4n) is 2.78. The number of thiophene rings is 1. The minimum atomic E-state index is 1.20. The molecular weight excluding hydrogens is 274 g/mol. The molecule has 4 rings (SSSR count). The van der Waals surface area contributed by atoms with E-state index in [2.05, 4.69) is 78.0 Å². The van der Waals surface area contributed by atoms with E-state index in [1.807, 2.05) is 0 Å². The summed E-state index contributed by atoms with van der Waals surface area (Å²) < 4.78 is 0. The summed E-state index contributed by atoms with van der Waals surface area (Å²) in [5, 5.41) is 4.68. The normalized spacial score (nSPS) is 11.1. The molecule has 0 unspecified atom stereocenters. The Labute approximate surface area is 127 Å². The molecule has 0 atom stereocenters.